The number of halogens is 1. The maximum Gasteiger partial charge on any atom is 0.256 e. The number of thiazole rings is 1. The summed E-state index contributed by atoms with van der Waals surface area (Å²) in [5.41, 5.74) is 1.35. The van der Waals surface area contributed by atoms with Crippen molar-refractivity contribution in [3.8, 4) is 0 Å². The maximum atomic E-state index is 11.6. The Morgan fingerprint density at radius 1 is 1.65 bits per heavy atom. The molecule has 0 atom stereocenters. The molecule has 17 heavy (non-hydrogen) atoms. The summed E-state index contributed by atoms with van der Waals surface area (Å²) in [5.74, 6) is -0.226. The molecule has 0 fully saturated rings. The molecule has 0 aromatic carbocycles. The van der Waals surface area contributed by atoms with Crippen LogP contribution in [0.3, 0.4) is 0 Å². The molecule has 0 saturated heterocycles. The van der Waals surface area contributed by atoms with Crippen molar-refractivity contribution in [2.45, 2.75) is 13.3 Å². The summed E-state index contributed by atoms with van der Waals surface area (Å²) >= 11 is 7.30. The Labute approximate surface area is 108 Å². The second-order valence-electron chi connectivity index (χ2n) is 3.47. The lowest BCUT2D eigenvalue weighted by Gasteiger charge is -2.01. The number of furan rings is 1. The molecule has 2 rings (SSSR count). The Bertz CT molecular complexity index is 521. The van der Waals surface area contributed by atoms with E-state index < -0.39 is 0 Å². The van der Waals surface area contributed by atoms with E-state index >= 15 is 0 Å². The van der Waals surface area contributed by atoms with Crippen molar-refractivity contribution in [1.29, 1.82) is 0 Å². The minimum absolute atomic E-state index is 0.118. The molecule has 2 heterocycles. The largest absolute Gasteiger partial charge is 0.452 e. The van der Waals surface area contributed by atoms with Gasteiger partial charge in [0.1, 0.15) is 0 Å². The van der Waals surface area contributed by atoms with Gasteiger partial charge in [0.2, 0.25) is 5.22 Å². The molecular weight excluding hydrogens is 260 g/mol. The third-order valence-electron chi connectivity index (χ3n) is 2.20. The SMILES string of the molecule is Cc1nc(CCNC(=O)c2ccoc2Cl)cs1. The third kappa shape index (κ3) is 3.08. The van der Waals surface area contributed by atoms with Gasteiger partial charge in [0, 0.05) is 18.3 Å². The molecular formula is C11H11ClN2O2S. The normalized spacial score (nSPS) is 10.5. The van der Waals surface area contributed by atoms with Crippen molar-refractivity contribution in [3.63, 3.8) is 0 Å². The fraction of sp³-hybridized carbons (Fsp3) is 0.273. The van der Waals surface area contributed by atoms with E-state index in [1.807, 2.05) is 12.3 Å². The smallest absolute Gasteiger partial charge is 0.256 e. The number of hydrogen-bond acceptors (Lipinski definition) is 4. The van der Waals surface area contributed by atoms with E-state index in [2.05, 4.69) is 10.3 Å². The van der Waals surface area contributed by atoms with Crippen molar-refractivity contribution in [2.75, 3.05) is 6.54 Å². The van der Waals surface area contributed by atoms with Gasteiger partial charge in [0.05, 0.1) is 22.5 Å². The van der Waals surface area contributed by atoms with Crippen LogP contribution in [0.5, 0.6) is 0 Å². The van der Waals surface area contributed by atoms with Gasteiger partial charge in [-0.3, -0.25) is 4.79 Å². The second kappa shape index (κ2) is 5.33. The quantitative estimate of drug-likeness (QED) is 0.929. The Morgan fingerprint density at radius 3 is 3.06 bits per heavy atom. The summed E-state index contributed by atoms with van der Waals surface area (Å²) in [7, 11) is 0. The summed E-state index contributed by atoms with van der Waals surface area (Å²) in [6.45, 7) is 2.49. The predicted octanol–water partition coefficient (Wildman–Crippen LogP) is 2.67. The van der Waals surface area contributed by atoms with Crippen molar-refractivity contribution in [3.05, 3.63) is 39.2 Å². The van der Waals surface area contributed by atoms with Crippen LogP contribution in [0, 0.1) is 6.92 Å². The first-order valence-corrected chi connectivity index (χ1v) is 6.35. The molecule has 1 N–H and O–H groups in total. The lowest BCUT2D eigenvalue weighted by atomic mass is 10.3. The highest BCUT2D eigenvalue weighted by Crippen LogP contribution is 2.16. The lowest BCUT2D eigenvalue weighted by molar-refractivity contribution is 0.0953. The van der Waals surface area contributed by atoms with Crippen molar-refractivity contribution < 1.29 is 9.21 Å². The van der Waals surface area contributed by atoms with E-state index in [-0.39, 0.29) is 11.1 Å². The predicted molar refractivity (Wildman–Crippen MR) is 66.6 cm³/mol. The number of nitrogens with one attached hydrogen (secondary N) is 1. The number of aryl methyl sites for hydroxylation is 1. The van der Waals surface area contributed by atoms with Crippen LogP contribution < -0.4 is 5.32 Å². The van der Waals surface area contributed by atoms with Gasteiger partial charge in [-0.25, -0.2) is 4.98 Å². The van der Waals surface area contributed by atoms with Crippen molar-refractivity contribution in [2.24, 2.45) is 0 Å². The topological polar surface area (TPSA) is 55.1 Å². The zero-order chi connectivity index (χ0) is 12.3. The van der Waals surface area contributed by atoms with E-state index in [0.717, 1.165) is 10.7 Å². The van der Waals surface area contributed by atoms with E-state index in [1.54, 1.807) is 17.4 Å². The van der Waals surface area contributed by atoms with Gasteiger partial charge in [-0.05, 0) is 24.6 Å². The molecule has 90 valence electrons. The van der Waals surface area contributed by atoms with Crippen molar-refractivity contribution >= 4 is 28.8 Å². The van der Waals surface area contributed by atoms with Crippen LogP contribution in [-0.4, -0.2) is 17.4 Å². The van der Waals surface area contributed by atoms with Gasteiger partial charge in [-0.1, -0.05) is 0 Å². The fourth-order valence-corrected chi connectivity index (χ4v) is 2.23. The van der Waals surface area contributed by atoms with E-state index in [9.17, 15) is 4.79 Å². The van der Waals surface area contributed by atoms with Crippen molar-refractivity contribution in [1.82, 2.24) is 10.3 Å². The minimum atomic E-state index is -0.226. The molecule has 0 spiro atoms. The zero-order valence-corrected chi connectivity index (χ0v) is 10.8. The molecule has 2 aromatic heterocycles. The van der Waals surface area contributed by atoms with Crippen LogP contribution in [0.25, 0.3) is 0 Å². The average Bonchev–Trinajstić information content (AvgIpc) is 2.87. The summed E-state index contributed by atoms with van der Waals surface area (Å²) < 4.78 is 4.85. The highest BCUT2D eigenvalue weighted by Gasteiger charge is 2.12. The number of carbonyl (C=O) groups excluding carboxylic acids is 1. The van der Waals surface area contributed by atoms with Crippen LogP contribution >= 0.6 is 22.9 Å². The van der Waals surface area contributed by atoms with E-state index in [4.69, 9.17) is 16.0 Å². The Hall–Kier alpha value is -1.33. The molecule has 4 nitrogen and oxygen atoms in total. The third-order valence-corrected chi connectivity index (χ3v) is 3.31. The number of nitrogens with zero attached hydrogens (tertiary/aromatic N) is 1. The monoisotopic (exact) mass is 270 g/mol. The summed E-state index contributed by atoms with van der Waals surface area (Å²) in [4.78, 5) is 16.0. The maximum absolute atomic E-state index is 11.6. The molecule has 0 unspecified atom stereocenters. The number of carbonyl (C=O) groups is 1. The number of amides is 1. The highest BCUT2D eigenvalue weighted by molar-refractivity contribution is 7.09. The van der Waals surface area contributed by atoms with E-state index in [1.165, 1.54) is 6.26 Å². The highest BCUT2D eigenvalue weighted by atomic mass is 35.5. The van der Waals surface area contributed by atoms with Gasteiger partial charge < -0.3 is 9.73 Å². The molecule has 0 aliphatic rings. The Kier molecular flexibility index (Phi) is 3.81. The molecule has 1 amide bonds. The van der Waals surface area contributed by atoms with Crippen LogP contribution in [0.2, 0.25) is 5.22 Å². The molecule has 6 heteroatoms. The Morgan fingerprint density at radius 2 is 2.47 bits per heavy atom. The summed E-state index contributed by atoms with van der Waals surface area (Å²) in [5, 5.41) is 5.91. The van der Waals surface area contributed by atoms with Crippen LogP contribution in [0.4, 0.5) is 0 Å². The minimum Gasteiger partial charge on any atom is -0.452 e. The first kappa shape index (κ1) is 12.1. The standard InChI is InChI=1S/C11H11ClN2O2S/c1-7-14-8(6-17-7)2-4-13-11(15)9-3-5-16-10(9)12/h3,5-6H,2,4H2,1H3,(H,13,15). The summed E-state index contributed by atoms with van der Waals surface area (Å²) in [6, 6.07) is 1.55. The first-order chi connectivity index (χ1) is 8.16. The first-order valence-electron chi connectivity index (χ1n) is 5.09. The molecule has 0 aliphatic heterocycles. The number of aromatic nitrogens is 1. The van der Waals surface area contributed by atoms with Crippen LogP contribution in [0.15, 0.2) is 22.1 Å². The number of rotatable bonds is 4. The van der Waals surface area contributed by atoms with Crippen LogP contribution in [0.1, 0.15) is 21.1 Å². The Balaban J connectivity index is 1.83. The average molecular weight is 271 g/mol. The molecule has 0 radical (unpaired) electrons. The van der Waals surface area contributed by atoms with E-state index in [0.29, 0.717) is 18.5 Å². The molecule has 0 saturated carbocycles. The number of hydrogen-bond donors (Lipinski definition) is 1. The fourth-order valence-electron chi connectivity index (χ4n) is 1.38. The van der Waals surface area contributed by atoms with Gasteiger partial charge in [0.15, 0.2) is 0 Å². The molecule has 2 aromatic rings. The lowest BCUT2D eigenvalue weighted by Crippen LogP contribution is -2.25. The van der Waals surface area contributed by atoms with Gasteiger partial charge in [-0.2, -0.15) is 0 Å². The molecule has 0 bridgehead atoms. The zero-order valence-electron chi connectivity index (χ0n) is 9.20. The van der Waals surface area contributed by atoms with Crippen LogP contribution in [-0.2, 0) is 6.42 Å². The second-order valence-corrected chi connectivity index (χ2v) is 4.88. The van der Waals surface area contributed by atoms with Gasteiger partial charge in [-0.15, -0.1) is 11.3 Å². The van der Waals surface area contributed by atoms with Gasteiger partial charge in [0.25, 0.3) is 5.91 Å². The van der Waals surface area contributed by atoms with Gasteiger partial charge >= 0.3 is 0 Å². The molecule has 0 aliphatic carbocycles. The summed E-state index contributed by atoms with van der Waals surface area (Å²) in [6.07, 6.45) is 2.10.